The minimum Gasteiger partial charge on any atom is -0.358 e. The van der Waals surface area contributed by atoms with Crippen LogP contribution in [0.25, 0.3) is 0 Å². The summed E-state index contributed by atoms with van der Waals surface area (Å²) in [6.45, 7) is 2.58. The van der Waals surface area contributed by atoms with Gasteiger partial charge in [-0.25, -0.2) is 5.84 Å². The molecule has 1 aromatic rings. The van der Waals surface area contributed by atoms with Gasteiger partial charge in [-0.3, -0.25) is 4.98 Å². The minimum absolute atomic E-state index is 0.431. The van der Waals surface area contributed by atoms with Crippen LogP contribution in [-0.2, 0) is 6.54 Å². The molecule has 0 saturated carbocycles. The Bertz CT molecular complexity index is 283. The molecule has 0 radical (unpaired) electrons. The number of nitrogens with zero attached hydrogens (tertiary/aromatic N) is 1. The number of hydrogen-bond donors (Lipinski definition) is 3. The maximum atomic E-state index is 5.09. The molecule has 4 N–H and O–H groups in total. The molecule has 70 valence electrons. The zero-order valence-electron chi connectivity index (χ0n) is 7.37. The van der Waals surface area contributed by atoms with Crippen molar-refractivity contribution in [2.75, 3.05) is 0 Å². The van der Waals surface area contributed by atoms with E-state index in [2.05, 4.69) is 15.7 Å². The molecule has 13 heavy (non-hydrogen) atoms. The van der Waals surface area contributed by atoms with Gasteiger partial charge in [0.2, 0.25) is 0 Å². The molecular weight excluding hydrogens is 184 g/mol. The first kappa shape index (κ1) is 9.88. The fraction of sp³-hybridized carbons (Fsp3) is 0.250. The topological polar surface area (TPSA) is 63.0 Å². The van der Waals surface area contributed by atoms with Crippen molar-refractivity contribution in [2.24, 2.45) is 5.84 Å². The summed E-state index contributed by atoms with van der Waals surface area (Å²) in [5.74, 6) is 5.09. The number of nitrogens with two attached hydrogens (primary N) is 1. The summed E-state index contributed by atoms with van der Waals surface area (Å²) in [6.07, 6.45) is 1.81. The molecule has 0 aliphatic carbocycles. The van der Waals surface area contributed by atoms with Crippen LogP contribution in [0.15, 0.2) is 18.3 Å². The predicted octanol–water partition coefficient (Wildman–Crippen LogP) is 0.228. The monoisotopic (exact) mass is 196 g/mol. The SMILES string of the molecule is Cc1ccc(CNC(=S)NN)cn1. The molecule has 0 fully saturated rings. The van der Waals surface area contributed by atoms with Crippen molar-refractivity contribution in [1.29, 1.82) is 0 Å². The molecule has 4 nitrogen and oxygen atoms in total. The molecule has 1 aromatic heterocycles. The van der Waals surface area contributed by atoms with Gasteiger partial charge in [-0.1, -0.05) is 6.07 Å². The number of nitrogens with one attached hydrogen (secondary N) is 2. The molecule has 0 aliphatic heterocycles. The van der Waals surface area contributed by atoms with Gasteiger partial charge in [0, 0.05) is 18.4 Å². The van der Waals surface area contributed by atoms with Crippen molar-refractivity contribution in [3.8, 4) is 0 Å². The van der Waals surface area contributed by atoms with Crippen molar-refractivity contribution in [3.05, 3.63) is 29.6 Å². The second kappa shape index (κ2) is 4.74. The van der Waals surface area contributed by atoms with Crippen LogP contribution in [0.4, 0.5) is 0 Å². The van der Waals surface area contributed by atoms with Crippen molar-refractivity contribution in [2.45, 2.75) is 13.5 Å². The second-order valence-electron chi connectivity index (χ2n) is 2.63. The Balaban J connectivity index is 2.46. The summed E-state index contributed by atoms with van der Waals surface area (Å²) >= 11 is 4.81. The van der Waals surface area contributed by atoms with E-state index < -0.39 is 0 Å². The number of pyridine rings is 1. The van der Waals surface area contributed by atoms with Crippen LogP contribution in [0, 0.1) is 6.92 Å². The molecule has 0 saturated heterocycles. The van der Waals surface area contributed by atoms with E-state index in [0.29, 0.717) is 11.7 Å². The van der Waals surface area contributed by atoms with Crippen molar-refractivity contribution >= 4 is 17.3 Å². The lowest BCUT2D eigenvalue weighted by molar-refractivity contribution is 0.860. The predicted molar refractivity (Wildman–Crippen MR) is 55.7 cm³/mol. The average molecular weight is 196 g/mol. The lowest BCUT2D eigenvalue weighted by atomic mass is 10.2. The van der Waals surface area contributed by atoms with Crippen molar-refractivity contribution in [3.63, 3.8) is 0 Å². The Morgan fingerprint density at radius 3 is 2.92 bits per heavy atom. The molecule has 0 unspecified atom stereocenters. The first-order valence-electron chi connectivity index (χ1n) is 3.88. The standard InChI is InChI=1S/C8H12N4S/c1-6-2-3-7(4-10-6)5-11-8(13)12-9/h2-4H,5,9H2,1H3,(H2,11,12,13). The largest absolute Gasteiger partial charge is 0.358 e. The average Bonchev–Trinajstić information content (AvgIpc) is 2.16. The highest BCUT2D eigenvalue weighted by Gasteiger charge is 1.94. The van der Waals surface area contributed by atoms with Crippen LogP contribution < -0.4 is 16.6 Å². The van der Waals surface area contributed by atoms with E-state index >= 15 is 0 Å². The minimum atomic E-state index is 0.431. The summed E-state index contributed by atoms with van der Waals surface area (Å²) < 4.78 is 0. The summed E-state index contributed by atoms with van der Waals surface area (Å²) in [5, 5.41) is 3.35. The smallest absolute Gasteiger partial charge is 0.180 e. The quantitative estimate of drug-likeness (QED) is 0.359. The van der Waals surface area contributed by atoms with Crippen molar-refractivity contribution < 1.29 is 0 Å². The molecule has 0 amide bonds. The van der Waals surface area contributed by atoms with Gasteiger partial charge in [0.05, 0.1) is 0 Å². The lowest BCUT2D eigenvalue weighted by Crippen LogP contribution is -2.39. The van der Waals surface area contributed by atoms with Crippen LogP contribution in [0.1, 0.15) is 11.3 Å². The zero-order chi connectivity index (χ0) is 9.68. The third-order valence-electron chi connectivity index (χ3n) is 1.56. The van der Waals surface area contributed by atoms with Gasteiger partial charge in [0.15, 0.2) is 5.11 Å². The Morgan fingerprint density at radius 2 is 2.38 bits per heavy atom. The summed E-state index contributed by atoms with van der Waals surface area (Å²) in [5.41, 5.74) is 4.42. The highest BCUT2D eigenvalue weighted by Crippen LogP contribution is 1.97. The van der Waals surface area contributed by atoms with Gasteiger partial charge < -0.3 is 10.7 Å². The van der Waals surface area contributed by atoms with Crippen LogP contribution >= 0.6 is 12.2 Å². The highest BCUT2D eigenvalue weighted by atomic mass is 32.1. The fourth-order valence-corrected chi connectivity index (χ4v) is 0.909. The van der Waals surface area contributed by atoms with Crippen molar-refractivity contribution in [1.82, 2.24) is 15.7 Å². The molecule has 0 aromatic carbocycles. The molecule has 0 bridgehead atoms. The van der Waals surface area contributed by atoms with Gasteiger partial charge in [-0.05, 0) is 30.8 Å². The number of aromatic nitrogens is 1. The Morgan fingerprint density at radius 1 is 1.62 bits per heavy atom. The van der Waals surface area contributed by atoms with E-state index in [0.717, 1.165) is 11.3 Å². The Kier molecular flexibility index (Phi) is 3.60. The third-order valence-corrected chi connectivity index (χ3v) is 1.82. The number of hydrazine groups is 1. The Hall–Kier alpha value is -1.20. The summed E-state index contributed by atoms with van der Waals surface area (Å²) in [7, 11) is 0. The number of rotatable bonds is 2. The number of thiocarbonyl (C=S) groups is 1. The summed E-state index contributed by atoms with van der Waals surface area (Å²) in [4.78, 5) is 4.15. The molecule has 0 atom stereocenters. The first-order valence-corrected chi connectivity index (χ1v) is 4.29. The second-order valence-corrected chi connectivity index (χ2v) is 3.04. The van der Waals surface area contributed by atoms with Crippen LogP contribution in [-0.4, -0.2) is 10.1 Å². The normalized spacial score (nSPS) is 9.38. The molecular formula is C8H12N4S. The molecule has 1 rings (SSSR count). The van der Waals surface area contributed by atoms with Gasteiger partial charge in [0.1, 0.15) is 0 Å². The van der Waals surface area contributed by atoms with Crippen LogP contribution in [0.5, 0.6) is 0 Å². The summed E-state index contributed by atoms with van der Waals surface area (Å²) in [6, 6.07) is 3.95. The molecule has 1 heterocycles. The molecule has 0 aliphatic rings. The van der Waals surface area contributed by atoms with E-state index in [1.807, 2.05) is 25.3 Å². The van der Waals surface area contributed by atoms with Crippen LogP contribution in [0.3, 0.4) is 0 Å². The highest BCUT2D eigenvalue weighted by molar-refractivity contribution is 7.80. The van der Waals surface area contributed by atoms with E-state index in [4.69, 9.17) is 18.1 Å². The maximum Gasteiger partial charge on any atom is 0.180 e. The van der Waals surface area contributed by atoms with Gasteiger partial charge in [-0.15, -0.1) is 0 Å². The van der Waals surface area contributed by atoms with Gasteiger partial charge in [-0.2, -0.15) is 0 Å². The third kappa shape index (κ3) is 3.35. The van der Waals surface area contributed by atoms with E-state index in [-0.39, 0.29) is 0 Å². The van der Waals surface area contributed by atoms with E-state index in [1.165, 1.54) is 0 Å². The Labute approximate surface area is 82.5 Å². The van der Waals surface area contributed by atoms with E-state index in [1.54, 1.807) is 0 Å². The van der Waals surface area contributed by atoms with E-state index in [9.17, 15) is 0 Å². The van der Waals surface area contributed by atoms with Gasteiger partial charge >= 0.3 is 0 Å². The maximum absolute atomic E-state index is 5.09. The number of aryl methyl sites for hydroxylation is 1. The lowest BCUT2D eigenvalue weighted by Gasteiger charge is -2.06. The molecule has 0 spiro atoms. The number of hydrogen-bond acceptors (Lipinski definition) is 3. The van der Waals surface area contributed by atoms with Crippen LogP contribution in [0.2, 0.25) is 0 Å². The molecule has 5 heteroatoms. The zero-order valence-corrected chi connectivity index (χ0v) is 8.19. The fourth-order valence-electron chi connectivity index (χ4n) is 0.836. The first-order chi connectivity index (χ1) is 6.22. The van der Waals surface area contributed by atoms with Gasteiger partial charge in [0.25, 0.3) is 0 Å².